The van der Waals surface area contributed by atoms with Gasteiger partial charge >= 0.3 is 0 Å². The number of hydrogen-bond acceptors (Lipinski definition) is 11. The lowest BCUT2D eigenvalue weighted by Gasteiger charge is -2.56. The number of fused-ring (bicyclic) bond motifs is 2. The molecule has 2 saturated heterocycles. The first kappa shape index (κ1) is 44.7. The molecule has 15 heteroatoms. The van der Waals surface area contributed by atoms with Gasteiger partial charge in [0.2, 0.25) is 0 Å². The number of anilines is 1. The summed E-state index contributed by atoms with van der Waals surface area (Å²) in [6.45, 7) is 12.3. The van der Waals surface area contributed by atoms with E-state index in [2.05, 4.69) is 76.5 Å². The third-order valence-electron chi connectivity index (χ3n) is 15.4. The van der Waals surface area contributed by atoms with Crippen molar-refractivity contribution in [2.75, 3.05) is 31.1 Å². The minimum absolute atomic E-state index is 0.0104. The average molecular weight is 933 g/mol. The molecule has 2 atom stereocenters. The Bertz CT molecular complexity index is 2770. The number of hydrogen-bond donors (Lipinski definition) is 2. The molecule has 1 unspecified atom stereocenters. The number of nitrogens with one attached hydrogen (secondary N) is 2. The summed E-state index contributed by atoms with van der Waals surface area (Å²) in [7, 11) is -4.61. The SMILES string of the molecule is CC(C)c1ccccc1[C@H]1CCCN1C1CC2(CCN(c3ccc(C(=O)NS(=O)(=O)c4cc5c(c([N+](=O)[O-])c4)SC(C4CCC(C)(C)CC4)CO5)c(Oc4cnc5[nH]ccc5c4)c3)CC2)C1. The third kappa shape index (κ3) is 8.78. The Morgan fingerprint density at radius 1 is 1.00 bits per heavy atom. The highest BCUT2D eigenvalue weighted by Crippen LogP contribution is 2.55. The number of nitrogens with zero attached hydrogens (tertiary/aromatic N) is 4. The van der Waals surface area contributed by atoms with Crippen LogP contribution in [0.5, 0.6) is 17.2 Å². The van der Waals surface area contributed by atoms with E-state index in [0.29, 0.717) is 52.2 Å². The largest absolute Gasteiger partial charge is 0.491 e. The number of aromatic amines is 1. The molecule has 1 amide bonds. The van der Waals surface area contributed by atoms with Crippen LogP contribution >= 0.6 is 11.8 Å². The zero-order valence-corrected chi connectivity index (χ0v) is 39.9. The van der Waals surface area contributed by atoms with E-state index in [0.717, 1.165) is 75.3 Å². The van der Waals surface area contributed by atoms with Crippen LogP contribution in [0.1, 0.15) is 125 Å². The lowest BCUT2D eigenvalue weighted by atomic mass is 9.59. The van der Waals surface area contributed by atoms with Crippen molar-refractivity contribution >= 4 is 50.1 Å². The van der Waals surface area contributed by atoms with Crippen molar-refractivity contribution in [2.24, 2.45) is 16.7 Å². The fourth-order valence-electron chi connectivity index (χ4n) is 11.5. The lowest BCUT2D eigenvalue weighted by molar-refractivity contribution is -0.388. The van der Waals surface area contributed by atoms with E-state index < -0.39 is 25.7 Å². The Morgan fingerprint density at radius 2 is 1.77 bits per heavy atom. The van der Waals surface area contributed by atoms with Crippen molar-refractivity contribution in [3.05, 3.63) is 106 Å². The quantitative estimate of drug-likeness (QED) is 0.0958. The minimum Gasteiger partial charge on any atom is -0.491 e. The maximum absolute atomic E-state index is 14.1. The van der Waals surface area contributed by atoms with E-state index >= 15 is 0 Å². The zero-order valence-electron chi connectivity index (χ0n) is 38.3. The van der Waals surface area contributed by atoms with Crippen LogP contribution in [0.3, 0.4) is 0 Å². The van der Waals surface area contributed by atoms with Crippen LogP contribution in [0.2, 0.25) is 0 Å². The van der Waals surface area contributed by atoms with Gasteiger partial charge in [0.1, 0.15) is 34.4 Å². The summed E-state index contributed by atoms with van der Waals surface area (Å²) >= 11 is 1.40. The first-order valence-corrected chi connectivity index (χ1v) is 26.0. The number of piperidine rings is 1. The molecule has 5 aromatic rings. The van der Waals surface area contributed by atoms with Gasteiger partial charge in [-0.25, -0.2) is 18.1 Å². The average Bonchev–Trinajstić information content (AvgIpc) is 3.98. The van der Waals surface area contributed by atoms with E-state index in [-0.39, 0.29) is 33.4 Å². The van der Waals surface area contributed by atoms with E-state index in [4.69, 9.17) is 9.47 Å². The summed E-state index contributed by atoms with van der Waals surface area (Å²) in [5, 5.41) is 13.3. The highest BCUT2D eigenvalue weighted by atomic mass is 32.2. The zero-order chi connectivity index (χ0) is 46.0. The number of pyridine rings is 1. The van der Waals surface area contributed by atoms with E-state index in [1.807, 2.05) is 12.1 Å². The molecule has 66 heavy (non-hydrogen) atoms. The Kier molecular flexibility index (Phi) is 11.9. The van der Waals surface area contributed by atoms with Gasteiger partial charge in [-0.2, -0.15) is 0 Å². The smallest absolute Gasteiger partial charge is 0.288 e. The van der Waals surface area contributed by atoms with Crippen LogP contribution in [0, 0.1) is 26.9 Å². The number of carbonyl (C=O) groups is 1. The van der Waals surface area contributed by atoms with Gasteiger partial charge in [-0.15, -0.1) is 11.8 Å². The number of ether oxygens (including phenoxy) is 2. The standard InChI is InChI=1S/C51H60N6O7S2/c1-32(2)39-8-5-6-9-40(39)42-10-7-21-56(42)36-28-51(29-36)18-22-55(23-19-51)35-11-12-41(44(25-35)64-37-24-34-15-20-52-48(34)53-30-37)49(58)54-66(61,62)38-26-43(57(59)60)47-45(27-38)63-31-46(65-47)33-13-16-50(3,4)17-14-33/h5-6,8-9,11-12,15,20,24-27,30,32-33,36,42,46H,7,10,13-14,16-19,21-23,28-29,31H2,1-4H3,(H,52,53)(H,54,58)/t42-,46?/m1/s1. The number of carbonyl (C=O) groups excluding carboxylic acids is 1. The Labute approximate surface area is 391 Å². The van der Waals surface area contributed by atoms with Gasteiger partial charge in [0.15, 0.2) is 0 Å². The van der Waals surface area contributed by atoms with Crippen molar-refractivity contribution in [3.63, 3.8) is 0 Å². The molecule has 5 heterocycles. The monoisotopic (exact) mass is 932 g/mol. The normalized spacial score (nSPS) is 22.2. The van der Waals surface area contributed by atoms with Crippen LogP contribution in [-0.4, -0.2) is 71.6 Å². The first-order chi connectivity index (χ1) is 31.6. The molecule has 13 nitrogen and oxygen atoms in total. The van der Waals surface area contributed by atoms with Crippen LogP contribution in [0.15, 0.2) is 88.9 Å². The molecule has 0 bridgehead atoms. The van der Waals surface area contributed by atoms with E-state index in [1.165, 1.54) is 54.6 Å². The number of H-pyrrole nitrogens is 1. The van der Waals surface area contributed by atoms with Gasteiger partial charge in [-0.3, -0.25) is 19.8 Å². The van der Waals surface area contributed by atoms with Crippen molar-refractivity contribution in [3.8, 4) is 17.2 Å². The maximum Gasteiger partial charge on any atom is 0.288 e. The van der Waals surface area contributed by atoms with Crippen LogP contribution in [0.4, 0.5) is 11.4 Å². The third-order valence-corrected chi connectivity index (χ3v) is 18.2. The van der Waals surface area contributed by atoms with Gasteiger partial charge in [0, 0.05) is 65.9 Å². The number of nitro benzene ring substituents is 1. The van der Waals surface area contributed by atoms with Gasteiger partial charge in [-0.1, -0.05) is 52.0 Å². The highest BCUT2D eigenvalue weighted by molar-refractivity contribution is 8.00. The van der Waals surface area contributed by atoms with Crippen molar-refractivity contribution in [1.29, 1.82) is 0 Å². The molecule has 4 fully saturated rings. The second kappa shape index (κ2) is 17.5. The van der Waals surface area contributed by atoms with Crippen LogP contribution in [0.25, 0.3) is 11.0 Å². The number of thioether (sulfide) groups is 1. The Balaban J connectivity index is 0.855. The summed E-state index contributed by atoms with van der Waals surface area (Å²) in [5.74, 6) is 0.574. The summed E-state index contributed by atoms with van der Waals surface area (Å²) < 4.78 is 42.7. The lowest BCUT2D eigenvalue weighted by Crippen LogP contribution is -2.54. The molecule has 3 aliphatic heterocycles. The number of sulfonamides is 1. The number of likely N-dealkylation sites (tertiary alicyclic amines) is 1. The summed E-state index contributed by atoms with van der Waals surface area (Å²) in [6.07, 6.45) is 14.5. The number of rotatable bonds is 11. The van der Waals surface area contributed by atoms with Crippen LogP contribution in [-0.2, 0) is 10.0 Å². The Morgan fingerprint density at radius 3 is 2.53 bits per heavy atom. The van der Waals surface area contributed by atoms with E-state index in [1.54, 1.807) is 30.6 Å². The number of nitro groups is 1. The fraction of sp³-hybridized carbons (Fsp3) is 0.490. The minimum atomic E-state index is -4.61. The predicted octanol–water partition coefficient (Wildman–Crippen LogP) is 11.2. The second-order valence-electron chi connectivity index (χ2n) is 20.5. The summed E-state index contributed by atoms with van der Waals surface area (Å²) in [4.78, 5) is 38.5. The molecular formula is C51H60N6O7S2. The molecule has 10 rings (SSSR count). The number of benzene rings is 3. The van der Waals surface area contributed by atoms with Gasteiger partial charge in [0.05, 0.1) is 21.6 Å². The predicted molar refractivity (Wildman–Crippen MR) is 257 cm³/mol. The van der Waals surface area contributed by atoms with Crippen molar-refractivity contribution in [1.82, 2.24) is 19.6 Å². The van der Waals surface area contributed by atoms with Gasteiger partial charge in [-0.05, 0) is 129 Å². The van der Waals surface area contributed by atoms with Crippen molar-refractivity contribution in [2.45, 2.75) is 125 Å². The highest BCUT2D eigenvalue weighted by Gasteiger charge is 2.50. The summed E-state index contributed by atoms with van der Waals surface area (Å²) in [5.41, 5.74) is 4.72. The van der Waals surface area contributed by atoms with Crippen molar-refractivity contribution < 1.29 is 27.6 Å². The second-order valence-corrected chi connectivity index (χ2v) is 23.5. The van der Waals surface area contributed by atoms with Crippen LogP contribution < -0.4 is 19.1 Å². The van der Waals surface area contributed by atoms with Gasteiger partial charge in [0.25, 0.3) is 21.6 Å². The topological polar surface area (TPSA) is 160 Å². The van der Waals surface area contributed by atoms with Gasteiger partial charge < -0.3 is 19.4 Å². The molecule has 1 spiro atoms. The molecular weight excluding hydrogens is 873 g/mol. The number of amides is 1. The molecule has 0 radical (unpaired) electrons. The summed E-state index contributed by atoms with van der Waals surface area (Å²) in [6, 6.07) is 21.3. The molecule has 2 aliphatic carbocycles. The fourth-order valence-corrected chi connectivity index (χ4v) is 13.9. The molecule has 2 N–H and O–H groups in total. The molecule has 5 aliphatic rings. The first-order valence-electron chi connectivity index (χ1n) is 23.7. The molecule has 2 saturated carbocycles. The molecule has 2 aromatic heterocycles. The Hall–Kier alpha value is -5.12. The number of aromatic nitrogens is 2. The maximum atomic E-state index is 14.1. The molecule has 348 valence electrons. The van der Waals surface area contributed by atoms with E-state index in [9.17, 15) is 23.3 Å². The molecule has 3 aromatic carbocycles.